The van der Waals surface area contributed by atoms with E-state index in [4.69, 9.17) is 0 Å². The topological polar surface area (TPSA) is 55.4 Å². The Kier molecular flexibility index (Phi) is 12.8. The lowest BCUT2D eigenvalue weighted by Crippen LogP contribution is -2.68. The minimum absolute atomic E-state index is 0.898. The molecule has 0 unspecified atom stereocenters. The van der Waals surface area contributed by atoms with Crippen LogP contribution in [-0.2, 0) is 28.4 Å². The molecule has 0 aromatic carbocycles. The van der Waals surface area contributed by atoms with E-state index in [0.29, 0.717) is 0 Å². The zero-order valence-electron chi connectivity index (χ0n) is 22.7. The first kappa shape index (κ1) is 50.6. The third-order valence-electron chi connectivity index (χ3n) is 4.47. The van der Waals surface area contributed by atoms with Gasteiger partial charge in [0.1, 0.15) is 0 Å². The SMILES string of the molecule is CC(F)(F)OC(F)(F)C(F)(F)OC(F)(F)C(F)(F)OC(F)(F)C(F)(F)OC(F)(F)C(F)(F)OC(F)(F)C(F)(F)OC(F)(F)C(F)(C(F)(F)F)C(F)(F)F. The van der Waals surface area contributed by atoms with Gasteiger partial charge in [-0.2, -0.15) is 132 Å². The molecule has 0 heterocycles. The van der Waals surface area contributed by atoms with E-state index in [1.165, 1.54) is 4.74 Å². The Labute approximate surface area is 264 Å². The van der Waals surface area contributed by atoms with E-state index in [9.17, 15) is 136 Å². The molecule has 320 valence electrons. The minimum atomic E-state index is -8.56. The van der Waals surface area contributed by atoms with Gasteiger partial charge >= 0.3 is 91.3 Å². The maximum absolute atomic E-state index is 13.4. The highest BCUT2D eigenvalue weighted by molar-refractivity contribution is 5.02. The fraction of sp³-hybridized carbons (Fsp3) is 1.00. The van der Waals surface area contributed by atoms with Gasteiger partial charge in [-0.15, -0.1) is 0 Å². The van der Waals surface area contributed by atoms with Crippen LogP contribution in [0.4, 0.5) is 136 Å². The molecule has 0 N–H and O–H groups in total. The molecular weight excluding hydrogens is 877 g/mol. The zero-order chi connectivity index (χ0) is 43.7. The summed E-state index contributed by atoms with van der Waals surface area (Å²) in [7, 11) is 0. The highest BCUT2D eigenvalue weighted by atomic mass is 19.4. The number of hydrogen-bond acceptors (Lipinski definition) is 6. The summed E-state index contributed by atoms with van der Waals surface area (Å²) in [6.07, 6.45) is -112. The lowest BCUT2D eigenvalue weighted by Gasteiger charge is -2.39. The molecule has 0 aromatic rings. The van der Waals surface area contributed by atoms with Gasteiger partial charge < -0.3 is 0 Å². The molecule has 6 nitrogen and oxygen atoms in total. The normalized spacial score (nSPS) is 16.8. The summed E-state index contributed by atoms with van der Waals surface area (Å²) in [5.74, 6) is 0. The maximum Gasteiger partial charge on any atom is 0.453 e. The zero-order valence-corrected chi connectivity index (χ0v) is 22.7. The highest BCUT2D eigenvalue weighted by Gasteiger charge is 2.88. The van der Waals surface area contributed by atoms with E-state index < -0.39 is 98.2 Å². The fourth-order valence-electron chi connectivity index (χ4n) is 2.19. The van der Waals surface area contributed by atoms with Gasteiger partial charge in [-0.05, 0) is 0 Å². The second kappa shape index (κ2) is 13.4. The molecule has 0 rings (SSSR count). The van der Waals surface area contributed by atoms with Gasteiger partial charge in [0, 0.05) is 6.92 Å². The first-order chi connectivity index (χ1) is 22.2. The Morgan fingerprint density at radius 3 is 0.472 bits per heavy atom. The van der Waals surface area contributed by atoms with E-state index in [1.54, 1.807) is 0 Å². The molecule has 0 amide bonds. The average molecular weight is 880 g/mol. The molecule has 53 heavy (non-hydrogen) atoms. The van der Waals surface area contributed by atoms with Crippen molar-refractivity contribution in [3.05, 3.63) is 0 Å². The van der Waals surface area contributed by atoms with Crippen molar-refractivity contribution in [1.82, 2.24) is 0 Å². The number of halogens is 31. The van der Waals surface area contributed by atoms with Crippen molar-refractivity contribution in [2.75, 3.05) is 0 Å². The van der Waals surface area contributed by atoms with Crippen LogP contribution in [0.15, 0.2) is 0 Å². The van der Waals surface area contributed by atoms with Gasteiger partial charge in [0.05, 0.1) is 0 Å². The van der Waals surface area contributed by atoms with Gasteiger partial charge in [0.15, 0.2) is 0 Å². The predicted molar refractivity (Wildman–Crippen MR) is 87.5 cm³/mol. The monoisotopic (exact) mass is 880 g/mol. The van der Waals surface area contributed by atoms with Crippen molar-refractivity contribution < 1.29 is 165 Å². The second-order valence-corrected chi connectivity index (χ2v) is 8.76. The molecule has 37 heteroatoms. The Morgan fingerprint density at radius 1 is 0.208 bits per heavy atom. The van der Waals surface area contributed by atoms with Crippen LogP contribution in [0.3, 0.4) is 0 Å². The van der Waals surface area contributed by atoms with Crippen molar-refractivity contribution in [2.24, 2.45) is 0 Å². The van der Waals surface area contributed by atoms with Crippen LogP contribution in [0.2, 0.25) is 0 Å². The first-order valence-electron chi connectivity index (χ1n) is 10.8. The number of rotatable bonds is 18. The van der Waals surface area contributed by atoms with Crippen molar-refractivity contribution in [1.29, 1.82) is 0 Å². The summed E-state index contributed by atoms with van der Waals surface area (Å²) in [6.45, 7) is -0.898. The van der Waals surface area contributed by atoms with Crippen LogP contribution in [0.1, 0.15) is 6.92 Å². The van der Waals surface area contributed by atoms with Gasteiger partial charge in [-0.1, -0.05) is 0 Å². The standard InChI is InChI=1S/C16H3F31O6/c1-2(17,18)48-7(28,29)8(30,31)50-11(36,37)12(38,39)52-15(44,45)16(46,47)53-14(42,43)13(40,41)51-10(34,35)9(32,33)49-6(26,27)3(19,4(20,21)22)5(23,24)25/h1H3. The molecule has 0 fully saturated rings. The predicted octanol–water partition coefficient (Wildman–Crippen LogP) is 10.1. The Hall–Kier alpha value is -2.41. The lowest BCUT2D eigenvalue weighted by molar-refractivity contribution is -0.595. The Morgan fingerprint density at radius 2 is 0.340 bits per heavy atom. The maximum atomic E-state index is 13.4. The van der Waals surface area contributed by atoms with E-state index in [2.05, 4.69) is 0 Å². The quantitative estimate of drug-likeness (QED) is 0.128. The van der Waals surface area contributed by atoms with Crippen molar-refractivity contribution >= 4 is 0 Å². The third-order valence-corrected chi connectivity index (χ3v) is 4.47. The summed E-state index contributed by atoms with van der Waals surface area (Å²) >= 11 is 0. The van der Waals surface area contributed by atoms with Crippen LogP contribution in [0.5, 0.6) is 0 Å². The average Bonchev–Trinajstić information content (AvgIpc) is 2.76. The second-order valence-electron chi connectivity index (χ2n) is 8.76. The summed E-state index contributed by atoms with van der Waals surface area (Å²) < 4.78 is 412. The lowest BCUT2D eigenvalue weighted by atomic mass is 10.0. The first-order valence-corrected chi connectivity index (χ1v) is 10.8. The third kappa shape index (κ3) is 10.1. The molecule has 0 atom stereocenters. The van der Waals surface area contributed by atoms with E-state index in [1.807, 2.05) is 4.74 Å². The van der Waals surface area contributed by atoms with Gasteiger partial charge in [-0.25, -0.2) is 32.8 Å². The van der Waals surface area contributed by atoms with Crippen molar-refractivity contribution in [3.8, 4) is 0 Å². The van der Waals surface area contributed by atoms with Crippen molar-refractivity contribution in [3.63, 3.8) is 0 Å². The number of alkyl halides is 31. The smallest absolute Gasteiger partial charge is 0.248 e. The van der Waals surface area contributed by atoms with E-state index in [-0.39, 0.29) is 0 Å². The molecule has 0 saturated carbocycles. The number of ether oxygens (including phenoxy) is 6. The summed E-state index contributed by atoms with van der Waals surface area (Å²) in [5.41, 5.74) is -8.56. The van der Waals surface area contributed by atoms with Gasteiger partial charge in [0.25, 0.3) is 0 Å². The highest BCUT2D eigenvalue weighted by Crippen LogP contribution is 2.59. The molecule has 0 radical (unpaired) electrons. The molecule has 0 spiro atoms. The van der Waals surface area contributed by atoms with Crippen LogP contribution in [-0.4, -0.2) is 91.3 Å². The van der Waals surface area contributed by atoms with Crippen LogP contribution in [0.25, 0.3) is 0 Å². The molecule has 0 aliphatic rings. The summed E-state index contributed by atoms with van der Waals surface area (Å²) in [4.78, 5) is 0. The Bertz CT molecular complexity index is 1250. The van der Waals surface area contributed by atoms with Crippen LogP contribution >= 0.6 is 0 Å². The molecule has 0 bridgehead atoms. The molecular formula is C16H3F31O6. The van der Waals surface area contributed by atoms with E-state index in [0.717, 1.165) is 18.9 Å². The molecule has 0 aliphatic carbocycles. The molecule has 0 aliphatic heterocycles. The molecule has 0 saturated heterocycles. The summed E-state index contributed by atoms with van der Waals surface area (Å²) in [5, 5.41) is 0. The van der Waals surface area contributed by atoms with Gasteiger partial charge in [0.2, 0.25) is 0 Å². The summed E-state index contributed by atoms with van der Waals surface area (Å²) in [6, 6.07) is 0. The fourth-order valence-corrected chi connectivity index (χ4v) is 2.19. The minimum Gasteiger partial charge on any atom is -0.248 e. The largest absolute Gasteiger partial charge is 0.453 e. The number of hydrogen-bond donors (Lipinski definition) is 0. The van der Waals surface area contributed by atoms with E-state index >= 15 is 0 Å². The van der Waals surface area contributed by atoms with Crippen LogP contribution in [0, 0.1) is 0 Å². The van der Waals surface area contributed by atoms with Crippen molar-refractivity contribution in [2.45, 2.75) is 98.2 Å². The Balaban J connectivity index is 6.51. The molecule has 0 aromatic heterocycles. The van der Waals surface area contributed by atoms with Gasteiger partial charge in [-0.3, -0.25) is 0 Å². The van der Waals surface area contributed by atoms with Crippen LogP contribution < -0.4 is 0 Å².